The van der Waals surface area contributed by atoms with Crippen LogP contribution >= 0.6 is 0 Å². The van der Waals surface area contributed by atoms with Gasteiger partial charge in [-0.05, 0) is 0 Å². The van der Waals surface area contributed by atoms with E-state index in [-0.39, 0.29) is 24.2 Å². The largest absolute Gasteiger partial charge is 0.378 e. The molecule has 0 radical (unpaired) electrons. The molecule has 1 atom stereocenters. The normalized spacial score (nSPS) is 23.4. The molecule has 0 N–H and O–H groups in total. The number of hydrogen-bond donors (Lipinski definition) is 0. The Morgan fingerprint density at radius 3 is 2.80 bits per heavy atom. The number of nitrogens with zero attached hydrogens (tertiary/aromatic N) is 4. The Labute approximate surface area is 117 Å². The molecular formula is C13H18N4O3. The van der Waals surface area contributed by atoms with Crippen molar-refractivity contribution >= 4 is 17.5 Å². The van der Waals surface area contributed by atoms with Crippen molar-refractivity contribution in [3.8, 4) is 0 Å². The summed E-state index contributed by atoms with van der Waals surface area (Å²) in [5, 5.41) is 4.07. The Morgan fingerprint density at radius 2 is 2.15 bits per heavy atom. The zero-order chi connectivity index (χ0) is 14.1. The van der Waals surface area contributed by atoms with E-state index in [0.29, 0.717) is 32.8 Å². The molecule has 2 aliphatic heterocycles. The van der Waals surface area contributed by atoms with E-state index < -0.39 is 0 Å². The number of aromatic nitrogens is 2. The van der Waals surface area contributed by atoms with Crippen LogP contribution in [0.25, 0.3) is 0 Å². The van der Waals surface area contributed by atoms with E-state index in [1.54, 1.807) is 33.9 Å². The van der Waals surface area contributed by atoms with Crippen molar-refractivity contribution in [2.24, 2.45) is 13.0 Å². The predicted molar refractivity (Wildman–Crippen MR) is 71.1 cm³/mol. The molecule has 3 rings (SSSR count). The summed E-state index contributed by atoms with van der Waals surface area (Å²) in [7, 11) is 1.81. The lowest BCUT2D eigenvalue weighted by Crippen LogP contribution is -2.44. The highest BCUT2D eigenvalue weighted by Crippen LogP contribution is 2.26. The number of anilines is 1. The van der Waals surface area contributed by atoms with Crippen molar-refractivity contribution in [2.75, 3.05) is 37.7 Å². The third kappa shape index (κ3) is 2.40. The van der Waals surface area contributed by atoms with Crippen molar-refractivity contribution in [3.63, 3.8) is 0 Å². The van der Waals surface area contributed by atoms with Crippen LogP contribution in [-0.2, 0) is 21.4 Å². The Morgan fingerprint density at radius 1 is 1.40 bits per heavy atom. The fourth-order valence-electron chi connectivity index (χ4n) is 2.71. The molecule has 0 aromatic carbocycles. The summed E-state index contributed by atoms with van der Waals surface area (Å²) in [5.41, 5.74) is 0.759. The Hall–Kier alpha value is -1.89. The number of rotatable bonds is 2. The van der Waals surface area contributed by atoms with Gasteiger partial charge in [-0.25, -0.2) is 0 Å². The number of hydrogen-bond acceptors (Lipinski definition) is 4. The maximum atomic E-state index is 12.4. The SMILES string of the molecule is Cn1cc(N2C[C@H](C(=O)N3CCOCC3)CC2=O)cn1. The van der Waals surface area contributed by atoms with Gasteiger partial charge < -0.3 is 14.5 Å². The highest BCUT2D eigenvalue weighted by molar-refractivity contribution is 6.00. The molecule has 0 aliphatic carbocycles. The molecule has 108 valence electrons. The summed E-state index contributed by atoms with van der Waals surface area (Å²) >= 11 is 0. The first-order valence-electron chi connectivity index (χ1n) is 6.80. The molecule has 2 fully saturated rings. The quantitative estimate of drug-likeness (QED) is 0.740. The first-order chi connectivity index (χ1) is 9.65. The van der Waals surface area contributed by atoms with E-state index in [1.807, 2.05) is 0 Å². The van der Waals surface area contributed by atoms with Gasteiger partial charge in [-0.1, -0.05) is 0 Å². The zero-order valence-corrected chi connectivity index (χ0v) is 11.5. The Bertz CT molecular complexity index is 521. The van der Waals surface area contributed by atoms with E-state index in [9.17, 15) is 9.59 Å². The molecule has 7 nitrogen and oxygen atoms in total. The number of morpholine rings is 1. The molecule has 0 unspecified atom stereocenters. The van der Waals surface area contributed by atoms with Gasteiger partial charge in [-0.15, -0.1) is 0 Å². The second kappa shape index (κ2) is 5.24. The molecule has 2 aliphatic rings. The van der Waals surface area contributed by atoms with Crippen molar-refractivity contribution in [1.82, 2.24) is 14.7 Å². The lowest BCUT2D eigenvalue weighted by Gasteiger charge is -2.28. The summed E-state index contributed by atoms with van der Waals surface area (Å²) < 4.78 is 6.90. The minimum atomic E-state index is -0.249. The molecule has 7 heteroatoms. The van der Waals surface area contributed by atoms with Crippen LogP contribution in [0.5, 0.6) is 0 Å². The second-order valence-corrected chi connectivity index (χ2v) is 5.22. The van der Waals surface area contributed by atoms with Crippen molar-refractivity contribution in [2.45, 2.75) is 6.42 Å². The Balaban J connectivity index is 1.68. The van der Waals surface area contributed by atoms with Crippen LogP contribution in [0.2, 0.25) is 0 Å². The van der Waals surface area contributed by atoms with E-state index in [2.05, 4.69) is 5.10 Å². The third-order valence-electron chi connectivity index (χ3n) is 3.80. The number of ether oxygens (including phenoxy) is 1. The Kier molecular flexibility index (Phi) is 3.43. The van der Waals surface area contributed by atoms with Gasteiger partial charge in [0.25, 0.3) is 0 Å². The van der Waals surface area contributed by atoms with Crippen LogP contribution in [0.15, 0.2) is 12.4 Å². The predicted octanol–water partition coefficient (Wildman–Crippen LogP) is -0.368. The summed E-state index contributed by atoms with van der Waals surface area (Å²) in [6.07, 6.45) is 3.73. The van der Waals surface area contributed by atoms with Gasteiger partial charge in [0, 0.05) is 39.3 Å². The van der Waals surface area contributed by atoms with Crippen LogP contribution in [0, 0.1) is 5.92 Å². The first kappa shape index (κ1) is 13.1. The third-order valence-corrected chi connectivity index (χ3v) is 3.80. The van der Waals surface area contributed by atoms with Gasteiger partial charge in [0.15, 0.2) is 0 Å². The van der Waals surface area contributed by atoms with Gasteiger partial charge in [0.2, 0.25) is 11.8 Å². The summed E-state index contributed by atoms with van der Waals surface area (Å²) in [5.74, 6) is -0.196. The highest BCUT2D eigenvalue weighted by Gasteiger charge is 2.37. The number of aryl methyl sites for hydroxylation is 1. The number of carbonyl (C=O) groups excluding carboxylic acids is 2. The summed E-state index contributed by atoms with van der Waals surface area (Å²) in [4.78, 5) is 27.9. The minimum absolute atomic E-state index is 0.00962. The lowest BCUT2D eigenvalue weighted by molar-refractivity contribution is -0.139. The van der Waals surface area contributed by atoms with Crippen LogP contribution < -0.4 is 4.90 Å². The molecule has 0 spiro atoms. The lowest BCUT2D eigenvalue weighted by atomic mass is 10.1. The van der Waals surface area contributed by atoms with Gasteiger partial charge in [-0.2, -0.15) is 5.10 Å². The van der Waals surface area contributed by atoms with Crippen LogP contribution in [-0.4, -0.2) is 59.3 Å². The number of amides is 2. The fraction of sp³-hybridized carbons (Fsp3) is 0.615. The van der Waals surface area contributed by atoms with Gasteiger partial charge in [-0.3, -0.25) is 14.3 Å². The number of carbonyl (C=O) groups is 2. The minimum Gasteiger partial charge on any atom is -0.378 e. The van der Waals surface area contributed by atoms with Gasteiger partial charge in [0.1, 0.15) is 0 Å². The standard InChI is InChI=1S/C13H18N4O3/c1-15-9-11(7-14-15)17-8-10(6-12(17)18)13(19)16-2-4-20-5-3-16/h7,9-10H,2-6,8H2,1H3/t10-/m1/s1. The monoisotopic (exact) mass is 278 g/mol. The smallest absolute Gasteiger partial charge is 0.228 e. The molecule has 0 bridgehead atoms. The second-order valence-electron chi connectivity index (χ2n) is 5.22. The topological polar surface area (TPSA) is 67.7 Å². The molecule has 3 heterocycles. The maximum absolute atomic E-state index is 12.4. The van der Waals surface area contributed by atoms with Crippen LogP contribution in [0.1, 0.15) is 6.42 Å². The molecule has 20 heavy (non-hydrogen) atoms. The molecule has 0 saturated carbocycles. The van der Waals surface area contributed by atoms with Gasteiger partial charge in [0.05, 0.1) is 31.0 Å². The van der Waals surface area contributed by atoms with Crippen molar-refractivity contribution in [1.29, 1.82) is 0 Å². The summed E-state index contributed by atoms with van der Waals surface area (Å²) in [6, 6.07) is 0. The van der Waals surface area contributed by atoms with E-state index in [4.69, 9.17) is 4.74 Å². The van der Waals surface area contributed by atoms with Gasteiger partial charge >= 0.3 is 0 Å². The summed E-state index contributed by atoms with van der Waals surface area (Å²) in [6.45, 7) is 2.85. The maximum Gasteiger partial charge on any atom is 0.228 e. The van der Waals surface area contributed by atoms with Crippen molar-refractivity contribution in [3.05, 3.63) is 12.4 Å². The molecule has 1 aromatic heterocycles. The molecular weight excluding hydrogens is 260 g/mol. The highest BCUT2D eigenvalue weighted by atomic mass is 16.5. The average Bonchev–Trinajstić information content (AvgIpc) is 3.05. The van der Waals surface area contributed by atoms with E-state index >= 15 is 0 Å². The first-order valence-corrected chi connectivity index (χ1v) is 6.80. The van der Waals surface area contributed by atoms with Crippen LogP contribution in [0.3, 0.4) is 0 Å². The zero-order valence-electron chi connectivity index (χ0n) is 11.5. The van der Waals surface area contributed by atoms with E-state index in [0.717, 1.165) is 5.69 Å². The average molecular weight is 278 g/mol. The van der Waals surface area contributed by atoms with E-state index in [1.165, 1.54) is 0 Å². The fourth-order valence-corrected chi connectivity index (χ4v) is 2.71. The molecule has 1 aromatic rings. The molecule has 2 amide bonds. The van der Waals surface area contributed by atoms with Crippen molar-refractivity contribution < 1.29 is 14.3 Å². The molecule has 2 saturated heterocycles. The van der Waals surface area contributed by atoms with Crippen LogP contribution in [0.4, 0.5) is 5.69 Å².